The molecule has 1 aliphatic rings. The second kappa shape index (κ2) is 9.25. The number of carbonyl (C=O) groups is 1. The molecule has 0 saturated carbocycles. The zero-order valence-electron chi connectivity index (χ0n) is 15.4. The summed E-state index contributed by atoms with van der Waals surface area (Å²) in [7, 11) is 1.64. The average molecular weight is 353 g/mol. The van der Waals surface area contributed by atoms with Gasteiger partial charge in [-0.15, -0.1) is 0 Å². The standard InChI is InChI=1S/C21H27N3O2/c1-26-20-9-5-6-18(16-20)17-21(25)22-10-11-23-12-14-24(15-13-23)19-7-3-2-4-8-19/h2-9,16H,10-15,17H2,1H3,(H,22,25). The maximum atomic E-state index is 12.1. The molecular weight excluding hydrogens is 326 g/mol. The largest absolute Gasteiger partial charge is 0.497 e. The summed E-state index contributed by atoms with van der Waals surface area (Å²) in [5.41, 5.74) is 2.26. The Morgan fingerprint density at radius 1 is 1.04 bits per heavy atom. The van der Waals surface area contributed by atoms with Crippen molar-refractivity contribution in [1.29, 1.82) is 0 Å². The van der Waals surface area contributed by atoms with E-state index in [9.17, 15) is 4.79 Å². The Hall–Kier alpha value is -2.53. The van der Waals surface area contributed by atoms with Crippen molar-refractivity contribution in [3.05, 3.63) is 60.2 Å². The summed E-state index contributed by atoms with van der Waals surface area (Å²) in [5, 5.41) is 3.02. The predicted octanol–water partition coefficient (Wildman–Crippen LogP) is 2.18. The van der Waals surface area contributed by atoms with Crippen LogP contribution in [0.2, 0.25) is 0 Å². The highest BCUT2D eigenvalue weighted by Gasteiger charge is 2.16. The summed E-state index contributed by atoms with van der Waals surface area (Å²) in [6.07, 6.45) is 0.388. The molecule has 1 aliphatic heterocycles. The highest BCUT2D eigenvalue weighted by Crippen LogP contribution is 2.15. The third-order valence-corrected chi connectivity index (χ3v) is 4.74. The van der Waals surface area contributed by atoms with Crippen molar-refractivity contribution in [2.75, 3.05) is 51.3 Å². The van der Waals surface area contributed by atoms with Gasteiger partial charge in [0.15, 0.2) is 0 Å². The highest BCUT2D eigenvalue weighted by atomic mass is 16.5. The minimum Gasteiger partial charge on any atom is -0.497 e. The number of benzene rings is 2. The summed E-state index contributed by atoms with van der Waals surface area (Å²) in [4.78, 5) is 16.9. The van der Waals surface area contributed by atoms with E-state index in [4.69, 9.17) is 4.74 Å². The van der Waals surface area contributed by atoms with Gasteiger partial charge in [0.1, 0.15) is 5.75 Å². The van der Waals surface area contributed by atoms with Gasteiger partial charge in [0.25, 0.3) is 0 Å². The molecule has 0 bridgehead atoms. The van der Waals surface area contributed by atoms with E-state index in [2.05, 4.69) is 39.4 Å². The summed E-state index contributed by atoms with van der Waals surface area (Å²) >= 11 is 0. The van der Waals surface area contributed by atoms with Crippen LogP contribution in [0.4, 0.5) is 5.69 Å². The number of rotatable bonds is 7. The third-order valence-electron chi connectivity index (χ3n) is 4.74. The molecule has 26 heavy (non-hydrogen) atoms. The fourth-order valence-corrected chi connectivity index (χ4v) is 3.25. The zero-order chi connectivity index (χ0) is 18.2. The molecule has 3 rings (SSSR count). The van der Waals surface area contributed by atoms with Crippen molar-refractivity contribution in [3.8, 4) is 5.75 Å². The fraction of sp³-hybridized carbons (Fsp3) is 0.381. The van der Waals surface area contributed by atoms with Gasteiger partial charge in [-0.2, -0.15) is 0 Å². The minimum atomic E-state index is 0.0566. The molecule has 0 atom stereocenters. The molecule has 1 heterocycles. The van der Waals surface area contributed by atoms with Gasteiger partial charge in [0.05, 0.1) is 13.5 Å². The third kappa shape index (κ3) is 5.23. The van der Waals surface area contributed by atoms with Crippen molar-refractivity contribution in [2.45, 2.75) is 6.42 Å². The molecular formula is C21H27N3O2. The van der Waals surface area contributed by atoms with E-state index in [0.717, 1.165) is 44.0 Å². The first-order valence-corrected chi connectivity index (χ1v) is 9.16. The first-order valence-electron chi connectivity index (χ1n) is 9.16. The van der Waals surface area contributed by atoms with Crippen LogP contribution in [0.3, 0.4) is 0 Å². The molecule has 2 aromatic carbocycles. The number of methoxy groups -OCH3 is 1. The van der Waals surface area contributed by atoms with E-state index in [1.807, 2.05) is 30.3 Å². The van der Waals surface area contributed by atoms with Gasteiger partial charge in [-0.1, -0.05) is 30.3 Å². The first kappa shape index (κ1) is 18.3. The van der Waals surface area contributed by atoms with Crippen molar-refractivity contribution >= 4 is 11.6 Å². The number of nitrogens with zero attached hydrogens (tertiary/aromatic N) is 2. The summed E-state index contributed by atoms with van der Waals surface area (Å²) in [5.74, 6) is 0.841. The van der Waals surface area contributed by atoms with Crippen LogP contribution in [0, 0.1) is 0 Å². The maximum absolute atomic E-state index is 12.1. The number of amides is 1. The second-order valence-electron chi connectivity index (χ2n) is 6.54. The van der Waals surface area contributed by atoms with Gasteiger partial charge in [-0.05, 0) is 29.8 Å². The lowest BCUT2D eigenvalue weighted by atomic mass is 10.1. The molecule has 138 valence electrons. The number of para-hydroxylation sites is 1. The molecule has 2 aromatic rings. The Kier molecular flexibility index (Phi) is 6.50. The molecule has 0 unspecified atom stereocenters. The molecule has 5 heteroatoms. The van der Waals surface area contributed by atoms with Crippen LogP contribution < -0.4 is 15.0 Å². The van der Waals surface area contributed by atoms with E-state index in [1.54, 1.807) is 7.11 Å². The summed E-state index contributed by atoms with van der Waals surface area (Å²) < 4.78 is 5.20. The van der Waals surface area contributed by atoms with Crippen LogP contribution in [0.5, 0.6) is 5.75 Å². The van der Waals surface area contributed by atoms with E-state index in [1.165, 1.54) is 5.69 Å². The van der Waals surface area contributed by atoms with Crippen LogP contribution in [0.25, 0.3) is 0 Å². The predicted molar refractivity (Wildman–Crippen MR) is 105 cm³/mol. The fourth-order valence-electron chi connectivity index (χ4n) is 3.25. The molecule has 1 saturated heterocycles. The average Bonchev–Trinajstić information content (AvgIpc) is 2.69. The molecule has 5 nitrogen and oxygen atoms in total. The Morgan fingerprint density at radius 3 is 2.54 bits per heavy atom. The van der Waals surface area contributed by atoms with E-state index >= 15 is 0 Å². The van der Waals surface area contributed by atoms with E-state index in [0.29, 0.717) is 13.0 Å². The lowest BCUT2D eigenvalue weighted by Crippen LogP contribution is -2.48. The quantitative estimate of drug-likeness (QED) is 0.829. The van der Waals surface area contributed by atoms with Crippen LogP contribution >= 0.6 is 0 Å². The Balaban J connectivity index is 1.35. The van der Waals surface area contributed by atoms with Crippen LogP contribution in [-0.2, 0) is 11.2 Å². The monoisotopic (exact) mass is 353 g/mol. The lowest BCUT2D eigenvalue weighted by Gasteiger charge is -2.36. The Labute approximate surface area is 155 Å². The van der Waals surface area contributed by atoms with Crippen molar-refractivity contribution in [3.63, 3.8) is 0 Å². The lowest BCUT2D eigenvalue weighted by molar-refractivity contribution is -0.120. The van der Waals surface area contributed by atoms with E-state index < -0.39 is 0 Å². The number of hydrogen-bond acceptors (Lipinski definition) is 4. The van der Waals surface area contributed by atoms with Gasteiger partial charge in [0, 0.05) is 45.0 Å². The number of nitrogens with one attached hydrogen (secondary N) is 1. The minimum absolute atomic E-state index is 0.0566. The number of hydrogen-bond donors (Lipinski definition) is 1. The summed E-state index contributed by atoms with van der Waals surface area (Å²) in [6, 6.07) is 18.2. The molecule has 0 aliphatic carbocycles. The van der Waals surface area contributed by atoms with Gasteiger partial charge in [-0.25, -0.2) is 0 Å². The van der Waals surface area contributed by atoms with Crippen LogP contribution in [0.15, 0.2) is 54.6 Å². The van der Waals surface area contributed by atoms with Crippen LogP contribution in [0.1, 0.15) is 5.56 Å². The number of anilines is 1. The first-order chi connectivity index (χ1) is 12.7. The molecule has 1 N–H and O–H groups in total. The topological polar surface area (TPSA) is 44.8 Å². The molecule has 1 amide bonds. The molecule has 0 spiro atoms. The number of piperazine rings is 1. The Bertz CT molecular complexity index is 697. The number of carbonyl (C=O) groups excluding carboxylic acids is 1. The number of ether oxygens (including phenoxy) is 1. The Morgan fingerprint density at radius 2 is 1.81 bits per heavy atom. The highest BCUT2D eigenvalue weighted by molar-refractivity contribution is 5.78. The van der Waals surface area contributed by atoms with Crippen molar-refractivity contribution in [2.24, 2.45) is 0 Å². The summed E-state index contributed by atoms with van der Waals surface area (Å²) in [6.45, 7) is 5.70. The van der Waals surface area contributed by atoms with Gasteiger partial charge in [-0.3, -0.25) is 9.69 Å². The second-order valence-corrected chi connectivity index (χ2v) is 6.54. The van der Waals surface area contributed by atoms with Crippen molar-refractivity contribution < 1.29 is 9.53 Å². The van der Waals surface area contributed by atoms with E-state index in [-0.39, 0.29) is 5.91 Å². The maximum Gasteiger partial charge on any atom is 0.224 e. The molecule has 0 radical (unpaired) electrons. The van der Waals surface area contributed by atoms with Gasteiger partial charge in [0.2, 0.25) is 5.91 Å². The van der Waals surface area contributed by atoms with Crippen molar-refractivity contribution in [1.82, 2.24) is 10.2 Å². The smallest absolute Gasteiger partial charge is 0.224 e. The van der Waals surface area contributed by atoms with Gasteiger partial charge < -0.3 is 15.0 Å². The molecule has 1 fully saturated rings. The van der Waals surface area contributed by atoms with Gasteiger partial charge >= 0.3 is 0 Å². The zero-order valence-corrected chi connectivity index (χ0v) is 15.4. The SMILES string of the molecule is COc1cccc(CC(=O)NCCN2CCN(c3ccccc3)CC2)c1. The molecule has 0 aromatic heterocycles. The van der Waals surface area contributed by atoms with Crippen LogP contribution in [-0.4, -0.2) is 57.2 Å². The normalized spacial score (nSPS) is 14.9.